The first-order valence-corrected chi connectivity index (χ1v) is 6.24. The van der Waals surface area contributed by atoms with Crippen molar-refractivity contribution in [2.75, 3.05) is 27.1 Å². The van der Waals surface area contributed by atoms with Gasteiger partial charge in [0.1, 0.15) is 25.3 Å². The molecule has 0 aromatic rings. The SMILES string of the molecule is C=[N+]1C=C[N+](=CN2C=CN(C=[N+]3C=CN(C)C3)C2)C1. The second kappa shape index (κ2) is 4.72. The Morgan fingerprint density at radius 2 is 1.74 bits per heavy atom. The van der Waals surface area contributed by atoms with Crippen molar-refractivity contribution in [3.63, 3.8) is 0 Å². The molecule has 3 heterocycles. The van der Waals surface area contributed by atoms with Gasteiger partial charge in [0.2, 0.25) is 19.2 Å². The van der Waals surface area contributed by atoms with E-state index in [4.69, 9.17) is 0 Å². The van der Waals surface area contributed by atoms with Gasteiger partial charge in [-0.1, -0.05) is 0 Å². The van der Waals surface area contributed by atoms with Crippen LogP contribution in [-0.4, -0.2) is 74.9 Å². The first-order chi connectivity index (χ1) is 9.19. The molecule has 3 rings (SSSR count). The van der Waals surface area contributed by atoms with Crippen LogP contribution in [0, 0.1) is 0 Å². The zero-order valence-electron chi connectivity index (χ0n) is 11.1. The van der Waals surface area contributed by atoms with Crippen LogP contribution in [-0.2, 0) is 0 Å². The van der Waals surface area contributed by atoms with Crippen molar-refractivity contribution in [2.24, 2.45) is 0 Å². The molecule has 0 radical (unpaired) electrons. The molecule has 0 amide bonds. The zero-order valence-corrected chi connectivity index (χ0v) is 11.1. The monoisotopic (exact) mass is 259 g/mol. The highest BCUT2D eigenvalue weighted by Crippen LogP contribution is 2.04. The lowest BCUT2D eigenvalue weighted by atomic mass is 10.8. The molecule has 0 atom stereocenters. The summed E-state index contributed by atoms with van der Waals surface area (Å²) < 4.78 is 6.15. The molecule has 0 aromatic carbocycles. The smallest absolute Gasteiger partial charge is 0.289 e. The Hall–Kier alpha value is -2.37. The van der Waals surface area contributed by atoms with E-state index in [1.165, 1.54) is 0 Å². The fourth-order valence-corrected chi connectivity index (χ4v) is 2.17. The lowest BCUT2D eigenvalue weighted by Crippen LogP contribution is -2.29. The number of nitrogens with zero attached hydrogens (tertiary/aromatic N) is 6. The summed E-state index contributed by atoms with van der Waals surface area (Å²) in [6.07, 6.45) is 16.5. The van der Waals surface area contributed by atoms with Crippen LogP contribution >= 0.6 is 0 Å². The first-order valence-electron chi connectivity index (χ1n) is 6.24. The maximum atomic E-state index is 3.87. The van der Waals surface area contributed by atoms with E-state index in [9.17, 15) is 0 Å². The van der Waals surface area contributed by atoms with Crippen molar-refractivity contribution in [1.82, 2.24) is 14.7 Å². The van der Waals surface area contributed by atoms with Gasteiger partial charge >= 0.3 is 0 Å². The Kier molecular flexibility index (Phi) is 2.91. The minimum Gasteiger partial charge on any atom is -0.342 e. The summed E-state index contributed by atoms with van der Waals surface area (Å²) in [7, 11) is 2.06. The quantitative estimate of drug-likeness (QED) is 0.499. The van der Waals surface area contributed by atoms with Crippen LogP contribution in [0.5, 0.6) is 0 Å². The topological polar surface area (TPSA) is 18.8 Å². The third-order valence-electron chi connectivity index (χ3n) is 3.08. The minimum absolute atomic E-state index is 0.799. The Labute approximate surface area is 113 Å². The van der Waals surface area contributed by atoms with Crippen molar-refractivity contribution in [3.05, 3.63) is 37.2 Å². The van der Waals surface area contributed by atoms with Gasteiger partial charge in [-0.2, -0.15) is 19.0 Å². The Morgan fingerprint density at radius 3 is 2.32 bits per heavy atom. The summed E-state index contributed by atoms with van der Waals surface area (Å²) in [6.45, 7) is 6.40. The van der Waals surface area contributed by atoms with Gasteiger partial charge in [-0.3, -0.25) is 0 Å². The van der Waals surface area contributed by atoms with E-state index < -0.39 is 0 Å². The van der Waals surface area contributed by atoms with Crippen LogP contribution < -0.4 is 0 Å². The van der Waals surface area contributed by atoms with Crippen molar-refractivity contribution in [2.45, 2.75) is 0 Å². The Balaban J connectivity index is 1.60. The zero-order chi connectivity index (χ0) is 13.2. The molecular formula is C13H19N6+3. The van der Waals surface area contributed by atoms with Crippen LogP contribution in [0.25, 0.3) is 0 Å². The van der Waals surface area contributed by atoms with Gasteiger partial charge in [0.05, 0.1) is 0 Å². The van der Waals surface area contributed by atoms with Crippen molar-refractivity contribution < 1.29 is 13.7 Å². The first kappa shape index (κ1) is 11.7. The molecule has 0 spiro atoms. The molecule has 0 saturated heterocycles. The van der Waals surface area contributed by atoms with Gasteiger partial charge in [0.15, 0.2) is 12.9 Å². The van der Waals surface area contributed by atoms with Crippen LogP contribution in [0.4, 0.5) is 0 Å². The highest BCUT2D eigenvalue weighted by atomic mass is 15.4. The summed E-state index contributed by atoms with van der Waals surface area (Å²) in [5.41, 5.74) is 0. The van der Waals surface area contributed by atoms with E-state index in [1.807, 2.05) is 17.0 Å². The minimum atomic E-state index is 0.799. The third kappa shape index (κ3) is 2.73. The van der Waals surface area contributed by atoms with E-state index in [1.54, 1.807) is 0 Å². The van der Waals surface area contributed by atoms with Crippen LogP contribution in [0.3, 0.4) is 0 Å². The molecule has 0 fully saturated rings. The van der Waals surface area contributed by atoms with Gasteiger partial charge in [0.25, 0.3) is 13.0 Å². The highest BCUT2D eigenvalue weighted by Gasteiger charge is 2.24. The largest absolute Gasteiger partial charge is 0.342 e. The van der Waals surface area contributed by atoms with Crippen LogP contribution in [0.15, 0.2) is 37.2 Å². The number of hydrogen-bond acceptors (Lipinski definition) is 1. The van der Waals surface area contributed by atoms with Gasteiger partial charge < -0.3 is 4.90 Å². The normalized spacial score (nSPS) is 25.9. The van der Waals surface area contributed by atoms with E-state index in [0.717, 1.165) is 20.0 Å². The lowest BCUT2D eigenvalue weighted by molar-refractivity contribution is -0.630. The molecule has 0 unspecified atom stereocenters. The summed E-state index contributed by atoms with van der Waals surface area (Å²) >= 11 is 0. The van der Waals surface area contributed by atoms with Crippen molar-refractivity contribution >= 4 is 19.4 Å². The van der Waals surface area contributed by atoms with Gasteiger partial charge in [-0.15, -0.1) is 0 Å². The molecule has 0 aromatic heterocycles. The van der Waals surface area contributed by atoms with Gasteiger partial charge in [-0.25, -0.2) is 4.58 Å². The van der Waals surface area contributed by atoms with Crippen LogP contribution in [0.2, 0.25) is 0 Å². The lowest BCUT2D eigenvalue weighted by Gasteiger charge is -2.06. The molecule has 0 N–H and O–H groups in total. The predicted octanol–water partition coefficient (Wildman–Crippen LogP) is -0.356. The fourth-order valence-electron chi connectivity index (χ4n) is 2.17. The van der Waals surface area contributed by atoms with E-state index in [2.05, 4.69) is 75.1 Å². The molecule has 0 saturated carbocycles. The molecule has 98 valence electrons. The van der Waals surface area contributed by atoms with E-state index in [-0.39, 0.29) is 0 Å². The number of hydrogen-bond donors (Lipinski definition) is 0. The molecule has 6 nitrogen and oxygen atoms in total. The molecule has 19 heavy (non-hydrogen) atoms. The maximum absolute atomic E-state index is 3.87. The summed E-state index contributed by atoms with van der Waals surface area (Å²) in [6, 6.07) is 0. The van der Waals surface area contributed by atoms with Crippen molar-refractivity contribution in [1.29, 1.82) is 0 Å². The average Bonchev–Trinajstić information content (AvgIpc) is 3.05. The van der Waals surface area contributed by atoms with E-state index >= 15 is 0 Å². The second-order valence-corrected chi connectivity index (χ2v) is 4.95. The molecule has 0 bridgehead atoms. The average molecular weight is 259 g/mol. The summed E-state index contributed by atoms with van der Waals surface area (Å²) in [5.74, 6) is 0. The fraction of sp³-hybridized carbons (Fsp3) is 0.308. The summed E-state index contributed by atoms with van der Waals surface area (Å²) in [5, 5.41) is 0. The highest BCUT2D eigenvalue weighted by molar-refractivity contribution is 5.57. The maximum Gasteiger partial charge on any atom is 0.289 e. The van der Waals surface area contributed by atoms with E-state index in [0.29, 0.717) is 0 Å². The molecule has 0 aliphatic carbocycles. The van der Waals surface area contributed by atoms with Gasteiger partial charge in [0, 0.05) is 13.2 Å². The predicted molar refractivity (Wildman–Crippen MR) is 73.5 cm³/mol. The second-order valence-electron chi connectivity index (χ2n) is 4.95. The standard InChI is InChI=1S/C13H19N6/c1-14-3-5-16(9-14)11-18-7-8-19(13-18)12-17-6-4-15(2)10-17/h3-8,11-12H,1,9-10,13H2,2H3/q+3. The molecule has 6 heteroatoms. The Morgan fingerprint density at radius 1 is 1.00 bits per heavy atom. The third-order valence-corrected chi connectivity index (χ3v) is 3.08. The molecular weight excluding hydrogens is 240 g/mol. The van der Waals surface area contributed by atoms with Crippen LogP contribution in [0.1, 0.15) is 0 Å². The van der Waals surface area contributed by atoms with Gasteiger partial charge in [-0.05, 0) is 0 Å². The Bertz CT molecular complexity index is 539. The molecule has 3 aliphatic rings. The number of rotatable bonds is 2. The molecule has 3 aliphatic heterocycles. The summed E-state index contributed by atoms with van der Waals surface area (Å²) in [4.78, 5) is 6.43. The van der Waals surface area contributed by atoms with Crippen molar-refractivity contribution in [3.8, 4) is 0 Å².